The molecule has 0 bridgehead atoms. The van der Waals surface area contributed by atoms with Crippen LogP contribution in [0.5, 0.6) is 0 Å². The number of ether oxygens (including phenoxy) is 1. The molecular weight excluding hydrogens is 340 g/mol. The van der Waals surface area contributed by atoms with E-state index in [-0.39, 0.29) is 5.56 Å². The molecule has 0 aliphatic heterocycles. The standard InChI is InChI=1S/C16H18N6O2S/c1-10-11(2)21(4-5-24-3)16(19-10)25-9-13-6-14(23)22-15(20-13)12(7-17)8-18-22/h6,8,18H,4-5,9H2,1-3H3. The van der Waals surface area contributed by atoms with Gasteiger partial charge in [0.15, 0.2) is 10.8 Å². The van der Waals surface area contributed by atoms with Crippen molar-refractivity contribution in [2.45, 2.75) is 31.3 Å². The first kappa shape index (κ1) is 17.3. The molecule has 3 aromatic heterocycles. The van der Waals surface area contributed by atoms with E-state index in [4.69, 9.17) is 10.00 Å². The van der Waals surface area contributed by atoms with E-state index >= 15 is 0 Å². The minimum absolute atomic E-state index is 0.239. The average molecular weight is 358 g/mol. The first-order valence-corrected chi connectivity index (χ1v) is 8.69. The van der Waals surface area contributed by atoms with Gasteiger partial charge >= 0.3 is 0 Å². The van der Waals surface area contributed by atoms with Crippen molar-refractivity contribution in [3.63, 3.8) is 0 Å². The molecule has 0 aromatic carbocycles. The fourth-order valence-corrected chi connectivity index (χ4v) is 3.51. The number of nitrogens with zero attached hydrogens (tertiary/aromatic N) is 5. The Morgan fingerprint density at radius 2 is 2.20 bits per heavy atom. The molecule has 0 unspecified atom stereocenters. The van der Waals surface area contributed by atoms with E-state index in [1.807, 2.05) is 19.9 Å². The summed E-state index contributed by atoms with van der Waals surface area (Å²) in [4.78, 5) is 21.2. The van der Waals surface area contributed by atoms with E-state index < -0.39 is 0 Å². The van der Waals surface area contributed by atoms with Gasteiger partial charge in [0.2, 0.25) is 0 Å². The highest BCUT2D eigenvalue weighted by Gasteiger charge is 2.13. The third-order valence-electron chi connectivity index (χ3n) is 3.96. The topological polar surface area (TPSA) is 101 Å². The number of nitrogens with one attached hydrogen (secondary N) is 1. The number of nitriles is 1. The van der Waals surface area contributed by atoms with Crippen LogP contribution in [0.25, 0.3) is 5.65 Å². The zero-order chi connectivity index (χ0) is 18.0. The summed E-state index contributed by atoms with van der Waals surface area (Å²) in [5.41, 5.74) is 3.14. The molecule has 8 nitrogen and oxygen atoms in total. The van der Waals surface area contributed by atoms with Crippen LogP contribution in [-0.4, -0.2) is 37.9 Å². The molecule has 3 aromatic rings. The number of fused-ring (bicyclic) bond motifs is 1. The lowest BCUT2D eigenvalue weighted by atomic mass is 10.3. The third kappa shape index (κ3) is 3.31. The van der Waals surface area contributed by atoms with Gasteiger partial charge in [-0.15, -0.1) is 0 Å². The molecular formula is C16H18N6O2S. The Kier molecular flexibility index (Phi) is 4.92. The van der Waals surface area contributed by atoms with Crippen molar-refractivity contribution in [2.24, 2.45) is 0 Å². The van der Waals surface area contributed by atoms with Crippen LogP contribution in [0.2, 0.25) is 0 Å². The Labute approximate surface area is 148 Å². The highest BCUT2D eigenvalue weighted by atomic mass is 32.2. The van der Waals surface area contributed by atoms with E-state index in [0.29, 0.717) is 29.3 Å². The van der Waals surface area contributed by atoms with Crippen LogP contribution in [0.15, 0.2) is 22.2 Å². The number of imidazole rings is 1. The fraction of sp³-hybridized carbons (Fsp3) is 0.375. The second kappa shape index (κ2) is 7.13. The maximum Gasteiger partial charge on any atom is 0.272 e. The van der Waals surface area contributed by atoms with Crippen molar-refractivity contribution in [2.75, 3.05) is 13.7 Å². The Hall–Kier alpha value is -2.57. The summed E-state index contributed by atoms with van der Waals surface area (Å²) >= 11 is 1.51. The molecule has 0 aliphatic rings. The van der Waals surface area contributed by atoms with Crippen LogP contribution < -0.4 is 5.56 Å². The van der Waals surface area contributed by atoms with E-state index in [1.165, 1.54) is 28.5 Å². The summed E-state index contributed by atoms with van der Waals surface area (Å²) in [6.07, 6.45) is 1.48. The van der Waals surface area contributed by atoms with Gasteiger partial charge in [-0.3, -0.25) is 9.89 Å². The summed E-state index contributed by atoms with van der Waals surface area (Å²) in [5.74, 6) is 0.491. The summed E-state index contributed by atoms with van der Waals surface area (Å²) < 4.78 is 8.53. The lowest BCUT2D eigenvalue weighted by Gasteiger charge is -2.09. The van der Waals surface area contributed by atoms with Gasteiger partial charge in [-0.2, -0.15) is 5.26 Å². The molecule has 0 spiro atoms. The van der Waals surface area contributed by atoms with Gasteiger partial charge in [0.1, 0.15) is 11.6 Å². The zero-order valence-electron chi connectivity index (χ0n) is 14.2. The molecule has 0 saturated carbocycles. The smallest absolute Gasteiger partial charge is 0.272 e. The minimum Gasteiger partial charge on any atom is -0.383 e. The van der Waals surface area contributed by atoms with Crippen molar-refractivity contribution in [3.05, 3.63) is 45.3 Å². The number of H-pyrrole nitrogens is 1. The molecule has 3 heterocycles. The van der Waals surface area contributed by atoms with Gasteiger partial charge < -0.3 is 9.30 Å². The van der Waals surface area contributed by atoms with Crippen LogP contribution in [0.4, 0.5) is 0 Å². The van der Waals surface area contributed by atoms with E-state index in [0.717, 1.165) is 23.1 Å². The number of aromatic nitrogens is 5. The van der Waals surface area contributed by atoms with Crippen LogP contribution in [0.1, 0.15) is 22.6 Å². The van der Waals surface area contributed by atoms with E-state index in [9.17, 15) is 4.79 Å². The highest BCUT2D eigenvalue weighted by Crippen LogP contribution is 2.24. The lowest BCUT2D eigenvalue weighted by molar-refractivity contribution is 0.184. The van der Waals surface area contributed by atoms with Crippen molar-refractivity contribution < 1.29 is 4.74 Å². The Bertz CT molecular complexity index is 1010. The predicted molar refractivity (Wildman–Crippen MR) is 93.7 cm³/mol. The van der Waals surface area contributed by atoms with Crippen LogP contribution in [0, 0.1) is 25.2 Å². The van der Waals surface area contributed by atoms with Crippen LogP contribution in [0.3, 0.4) is 0 Å². The Balaban J connectivity index is 1.87. The molecule has 0 fully saturated rings. The third-order valence-corrected chi connectivity index (χ3v) is 4.97. The van der Waals surface area contributed by atoms with Gasteiger partial charge in [0.25, 0.3) is 5.56 Å². The van der Waals surface area contributed by atoms with Gasteiger partial charge in [0.05, 0.1) is 18.0 Å². The molecule has 0 saturated heterocycles. The number of hydrogen-bond donors (Lipinski definition) is 1. The molecule has 0 aliphatic carbocycles. The molecule has 3 rings (SSSR count). The van der Waals surface area contributed by atoms with Crippen molar-refractivity contribution >= 4 is 17.4 Å². The van der Waals surface area contributed by atoms with Crippen molar-refractivity contribution in [3.8, 4) is 6.07 Å². The SMILES string of the molecule is COCCn1c(SCc2cc(=O)n3[nH]cc(C#N)c3n2)nc(C)c1C. The average Bonchev–Trinajstić information content (AvgIpc) is 3.13. The molecule has 0 amide bonds. The lowest BCUT2D eigenvalue weighted by Crippen LogP contribution is -2.15. The number of hydrogen-bond acceptors (Lipinski definition) is 6. The maximum absolute atomic E-state index is 12.1. The molecule has 0 atom stereocenters. The van der Waals surface area contributed by atoms with Crippen molar-refractivity contribution in [1.82, 2.24) is 24.1 Å². The van der Waals surface area contributed by atoms with Gasteiger partial charge in [-0.1, -0.05) is 11.8 Å². The normalized spacial score (nSPS) is 11.1. The molecule has 1 N–H and O–H groups in total. The zero-order valence-corrected chi connectivity index (χ0v) is 15.1. The first-order valence-electron chi connectivity index (χ1n) is 7.70. The highest BCUT2D eigenvalue weighted by molar-refractivity contribution is 7.98. The number of thioether (sulfide) groups is 1. The Morgan fingerprint density at radius 3 is 2.92 bits per heavy atom. The summed E-state index contributed by atoms with van der Waals surface area (Å²) in [6.45, 7) is 5.32. The largest absolute Gasteiger partial charge is 0.383 e. The van der Waals surface area contributed by atoms with Crippen molar-refractivity contribution in [1.29, 1.82) is 5.26 Å². The second-order valence-electron chi connectivity index (χ2n) is 5.54. The van der Waals surface area contributed by atoms with E-state index in [2.05, 4.69) is 19.6 Å². The van der Waals surface area contributed by atoms with Gasteiger partial charge in [-0.05, 0) is 13.8 Å². The number of aryl methyl sites for hydroxylation is 1. The molecule has 25 heavy (non-hydrogen) atoms. The minimum atomic E-state index is -0.239. The Morgan fingerprint density at radius 1 is 1.40 bits per heavy atom. The second-order valence-corrected chi connectivity index (χ2v) is 6.48. The summed E-state index contributed by atoms with van der Waals surface area (Å²) in [5, 5.41) is 12.7. The van der Waals surface area contributed by atoms with Crippen LogP contribution in [-0.2, 0) is 17.0 Å². The molecule has 0 radical (unpaired) electrons. The summed E-state index contributed by atoms with van der Waals surface area (Å²) in [7, 11) is 1.67. The number of aromatic amines is 1. The first-order chi connectivity index (χ1) is 12.0. The van der Waals surface area contributed by atoms with Crippen LogP contribution >= 0.6 is 11.8 Å². The maximum atomic E-state index is 12.1. The quantitative estimate of drug-likeness (QED) is 0.672. The monoisotopic (exact) mass is 358 g/mol. The van der Waals surface area contributed by atoms with Gasteiger partial charge in [-0.25, -0.2) is 14.5 Å². The van der Waals surface area contributed by atoms with Gasteiger partial charge in [0, 0.05) is 37.4 Å². The molecule has 9 heteroatoms. The fourth-order valence-electron chi connectivity index (χ4n) is 2.50. The number of rotatable bonds is 6. The molecule has 130 valence electrons. The number of methoxy groups -OCH3 is 1. The van der Waals surface area contributed by atoms with E-state index in [1.54, 1.807) is 7.11 Å². The summed E-state index contributed by atoms with van der Waals surface area (Å²) in [6, 6.07) is 3.50. The predicted octanol–water partition coefficient (Wildman–Crippen LogP) is 1.65.